The van der Waals surface area contributed by atoms with Crippen molar-refractivity contribution < 1.29 is 24.6 Å². The summed E-state index contributed by atoms with van der Waals surface area (Å²) in [6.45, 7) is 7.25. The quantitative estimate of drug-likeness (QED) is 0.412. The first-order valence-electron chi connectivity index (χ1n) is 11.5. The normalized spacial score (nSPS) is 19.6. The van der Waals surface area contributed by atoms with E-state index in [4.69, 9.17) is 19.8 Å². The standard InChI is InChI=1S/C22H29N5O.C2H2O4/c1-2-22(18-8-3-4-9-19(18)25-20(22)28)10-5-6-13-26-14-16-27(17-15-26)21-23-11-7-12-24-21;3-1(4)2(5)6/h3-4,7-9,11-12H,2,5-6,10,13-17H2,1H3,(H,25,28);(H,3,4)(H,5,6). The van der Waals surface area contributed by atoms with Crippen LogP contribution in [0.3, 0.4) is 0 Å². The molecule has 1 atom stereocenters. The van der Waals surface area contributed by atoms with Crippen molar-refractivity contribution in [3.05, 3.63) is 48.3 Å². The van der Waals surface area contributed by atoms with E-state index in [1.807, 2.05) is 24.3 Å². The molecule has 1 amide bonds. The molecule has 3 N–H and O–H groups in total. The summed E-state index contributed by atoms with van der Waals surface area (Å²) >= 11 is 0. The van der Waals surface area contributed by atoms with Gasteiger partial charge in [-0.2, -0.15) is 0 Å². The maximum Gasteiger partial charge on any atom is 0.414 e. The van der Waals surface area contributed by atoms with Gasteiger partial charge in [0.2, 0.25) is 11.9 Å². The van der Waals surface area contributed by atoms with E-state index in [1.165, 1.54) is 5.56 Å². The highest BCUT2D eigenvalue weighted by molar-refractivity contribution is 6.27. The average Bonchev–Trinajstić information content (AvgIpc) is 3.14. The second-order valence-corrected chi connectivity index (χ2v) is 8.38. The number of unbranched alkanes of at least 4 members (excludes halogenated alkanes) is 1. The van der Waals surface area contributed by atoms with E-state index in [9.17, 15) is 4.79 Å². The minimum Gasteiger partial charge on any atom is -0.473 e. The van der Waals surface area contributed by atoms with Gasteiger partial charge in [-0.25, -0.2) is 19.6 Å². The van der Waals surface area contributed by atoms with Crippen molar-refractivity contribution in [2.24, 2.45) is 0 Å². The SMILES string of the molecule is CCC1(CCCCN2CCN(c3ncccn3)CC2)C(=O)Nc2ccccc21.O=C(O)C(=O)O. The van der Waals surface area contributed by atoms with Crippen molar-refractivity contribution in [3.8, 4) is 0 Å². The van der Waals surface area contributed by atoms with E-state index < -0.39 is 11.9 Å². The van der Waals surface area contributed by atoms with E-state index in [2.05, 4.69) is 38.1 Å². The zero-order valence-electron chi connectivity index (χ0n) is 19.3. The number of rotatable bonds is 7. The molecule has 2 aliphatic heterocycles. The number of carboxylic acids is 2. The lowest BCUT2D eigenvalue weighted by atomic mass is 9.75. The van der Waals surface area contributed by atoms with Crippen LogP contribution in [0.15, 0.2) is 42.7 Å². The lowest BCUT2D eigenvalue weighted by Gasteiger charge is -2.34. The Morgan fingerprint density at radius 2 is 1.65 bits per heavy atom. The van der Waals surface area contributed by atoms with Crippen molar-refractivity contribution in [2.75, 3.05) is 42.9 Å². The molecule has 2 aromatic rings. The van der Waals surface area contributed by atoms with Crippen LogP contribution in [-0.2, 0) is 19.8 Å². The topological polar surface area (TPSA) is 136 Å². The number of nitrogens with zero attached hydrogens (tertiary/aromatic N) is 4. The van der Waals surface area contributed by atoms with Crippen LogP contribution in [0.5, 0.6) is 0 Å². The minimum atomic E-state index is -1.82. The largest absolute Gasteiger partial charge is 0.473 e. The number of nitrogens with one attached hydrogen (secondary N) is 1. The molecular weight excluding hydrogens is 438 g/mol. The fraction of sp³-hybridized carbons (Fsp3) is 0.458. The molecule has 182 valence electrons. The fourth-order valence-electron chi connectivity index (χ4n) is 4.54. The number of piperazine rings is 1. The highest BCUT2D eigenvalue weighted by Gasteiger charge is 2.44. The molecule has 1 unspecified atom stereocenters. The Morgan fingerprint density at radius 3 is 2.26 bits per heavy atom. The Kier molecular flexibility index (Phi) is 8.53. The van der Waals surface area contributed by atoms with Crippen molar-refractivity contribution in [1.82, 2.24) is 14.9 Å². The number of anilines is 2. The summed E-state index contributed by atoms with van der Waals surface area (Å²) in [4.78, 5) is 44.4. The predicted octanol–water partition coefficient (Wildman–Crippen LogP) is 2.22. The number of carbonyl (C=O) groups is 3. The molecule has 0 saturated carbocycles. The lowest BCUT2D eigenvalue weighted by molar-refractivity contribution is -0.159. The molecule has 4 rings (SSSR count). The third-order valence-corrected chi connectivity index (χ3v) is 6.45. The molecule has 0 aliphatic carbocycles. The molecule has 2 aliphatic rings. The van der Waals surface area contributed by atoms with Gasteiger partial charge in [0.25, 0.3) is 0 Å². The summed E-state index contributed by atoms with van der Waals surface area (Å²) in [5, 5.41) is 17.9. The van der Waals surface area contributed by atoms with E-state index in [-0.39, 0.29) is 11.3 Å². The molecule has 0 bridgehead atoms. The van der Waals surface area contributed by atoms with Gasteiger partial charge >= 0.3 is 11.9 Å². The Labute approximate surface area is 198 Å². The van der Waals surface area contributed by atoms with Gasteiger partial charge < -0.3 is 20.4 Å². The molecule has 1 aromatic carbocycles. The molecule has 34 heavy (non-hydrogen) atoms. The zero-order valence-corrected chi connectivity index (χ0v) is 19.3. The van der Waals surface area contributed by atoms with Crippen LogP contribution in [0.4, 0.5) is 11.6 Å². The smallest absolute Gasteiger partial charge is 0.414 e. The summed E-state index contributed by atoms with van der Waals surface area (Å²) < 4.78 is 0. The van der Waals surface area contributed by atoms with Crippen LogP contribution in [0.1, 0.15) is 38.2 Å². The fourth-order valence-corrected chi connectivity index (χ4v) is 4.54. The molecule has 3 heterocycles. The Morgan fingerprint density at radius 1 is 1.00 bits per heavy atom. The van der Waals surface area contributed by atoms with Crippen LogP contribution in [0.25, 0.3) is 0 Å². The first kappa shape index (κ1) is 25.1. The van der Waals surface area contributed by atoms with E-state index in [0.717, 1.165) is 70.0 Å². The number of benzene rings is 1. The van der Waals surface area contributed by atoms with E-state index in [1.54, 1.807) is 12.4 Å². The lowest BCUT2D eigenvalue weighted by Crippen LogP contribution is -2.47. The van der Waals surface area contributed by atoms with E-state index >= 15 is 0 Å². The van der Waals surface area contributed by atoms with Gasteiger partial charge in [0.05, 0.1) is 5.41 Å². The maximum atomic E-state index is 12.7. The second kappa shape index (κ2) is 11.6. The Balaban J connectivity index is 0.000000481. The summed E-state index contributed by atoms with van der Waals surface area (Å²) in [7, 11) is 0. The summed E-state index contributed by atoms with van der Waals surface area (Å²) in [5.74, 6) is -2.64. The Hall–Kier alpha value is -3.53. The summed E-state index contributed by atoms with van der Waals surface area (Å²) in [5.41, 5.74) is 1.83. The first-order valence-corrected chi connectivity index (χ1v) is 11.5. The van der Waals surface area contributed by atoms with Crippen LogP contribution >= 0.6 is 0 Å². The summed E-state index contributed by atoms with van der Waals surface area (Å²) in [6.07, 6.45) is 7.57. The van der Waals surface area contributed by atoms with Crippen molar-refractivity contribution in [3.63, 3.8) is 0 Å². The van der Waals surface area contributed by atoms with Crippen molar-refractivity contribution >= 4 is 29.5 Å². The predicted molar refractivity (Wildman–Crippen MR) is 127 cm³/mol. The minimum absolute atomic E-state index is 0.174. The zero-order chi connectivity index (χ0) is 24.6. The van der Waals surface area contributed by atoms with Gasteiger partial charge in [-0.05, 0) is 43.5 Å². The van der Waals surface area contributed by atoms with Gasteiger partial charge in [0, 0.05) is 44.3 Å². The molecule has 1 aromatic heterocycles. The van der Waals surface area contributed by atoms with Gasteiger partial charge in [0.15, 0.2) is 0 Å². The van der Waals surface area contributed by atoms with Crippen molar-refractivity contribution in [2.45, 2.75) is 38.0 Å². The van der Waals surface area contributed by atoms with Crippen LogP contribution in [-0.4, -0.2) is 75.7 Å². The number of carbonyl (C=O) groups excluding carboxylic acids is 1. The van der Waals surface area contributed by atoms with Crippen LogP contribution in [0.2, 0.25) is 0 Å². The monoisotopic (exact) mass is 469 g/mol. The van der Waals surface area contributed by atoms with Gasteiger partial charge in [-0.1, -0.05) is 31.5 Å². The summed E-state index contributed by atoms with van der Waals surface area (Å²) in [6, 6.07) is 10.0. The number of aliphatic carboxylic acids is 2. The van der Waals surface area contributed by atoms with Gasteiger partial charge in [-0.3, -0.25) is 9.69 Å². The average molecular weight is 470 g/mol. The highest BCUT2D eigenvalue weighted by Crippen LogP contribution is 2.43. The number of hydrogen-bond acceptors (Lipinski definition) is 7. The molecule has 10 nitrogen and oxygen atoms in total. The number of fused-ring (bicyclic) bond motifs is 1. The number of amides is 1. The first-order chi connectivity index (χ1) is 16.4. The molecule has 0 spiro atoms. The molecule has 0 radical (unpaired) electrons. The number of carboxylic acid groups (broad SMARTS) is 2. The Bertz CT molecular complexity index is 982. The highest BCUT2D eigenvalue weighted by atomic mass is 16.4. The molecule has 10 heteroatoms. The van der Waals surface area contributed by atoms with Gasteiger partial charge in [-0.15, -0.1) is 0 Å². The molecule has 1 saturated heterocycles. The maximum absolute atomic E-state index is 12.7. The molecular formula is C24H31N5O5. The van der Waals surface area contributed by atoms with Crippen LogP contribution < -0.4 is 10.2 Å². The third-order valence-electron chi connectivity index (χ3n) is 6.45. The number of para-hydroxylation sites is 1. The number of hydrogen-bond donors (Lipinski definition) is 3. The van der Waals surface area contributed by atoms with Gasteiger partial charge in [0.1, 0.15) is 0 Å². The second-order valence-electron chi connectivity index (χ2n) is 8.38. The van der Waals surface area contributed by atoms with E-state index in [0.29, 0.717) is 0 Å². The van der Waals surface area contributed by atoms with Crippen LogP contribution in [0, 0.1) is 0 Å². The third kappa shape index (κ3) is 5.88. The van der Waals surface area contributed by atoms with Crippen molar-refractivity contribution in [1.29, 1.82) is 0 Å². The number of aromatic nitrogens is 2. The molecule has 1 fully saturated rings.